The van der Waals surface area contributed by atoms with E-state index in [4.69, 9.17) is 9.47 Å². The maximum absolute atomic E-state index is 13.1. The number of anilines is 1. The molecule has 1 saturated heterocycles. The third kappa shape index (κ3) is 4.68. The summed E-state index contributed by atoms with van der Waals surface area (Å²) in [6.07, 6.45) is 8.11. The van der Waals surface area contributed by atoms with Crippen LogP contribution >= 0.6 is 0 Å². The molecule has 0 radical (unpaired) electrons. The van der Waals surface area contributed by atoms with Crippen molar-refractivity contribution >= 4 is 11.6 Å². The topological polar surface area (TPSA) is 42.0 Å². The number of hydrogen-bond donors (Lipinski definition) is 0. The van der Waals surface area contributed by atoms with E-state index in [1.807, 2.05) is 29.2 Å². The quantitative estimate of drug-likeness (QED) is 0.545. The Labute approximate surface area is 190 Å². The lowest BCUT2D eigenvalue weighted by Crippen LogP contribution is -2.32. The van der Waals surface area contributed by atoms with Crippen LogP contribution in [-0.2, 0) is 11.2 Å². The van der Waals surface area contributed by atoms with Gasteiger partial charge in [0.1, 0.15) is 18.1 Å². The van der Waals surface area contributed by atoms with Crippen LogP contribution in [0.25, 0.3) is 0 Å². The lowest BCUT2D eigenvalue weighted by Gasteiger charge is -2.20. The SMILES string of the molecule is CCc1cc(N2CC[C@H](Oc3ccc(C4CC4)cc3)C2=O)ccc1OCCN1CC=CC1. The molecule has 0 N–H and O–H groups in total. The van der Waals surface area contributed by atoms with E-state index in [0.29, 0.717) is 19.6 Å². The Morgan fingerprint density at radius 1 is 1.00 bits per heavy atom. The van der Waals surface area contributed by atoms with E-state index >= 15 is 0 Å². The molecule has 1 amide bonds. The highest BCUT2D eigenvalue weighted by Gasteiger charge is 2.34. The molecule has 2 fully saturated rings. The largest absolute Gasteiger partial charge is 0.492 e. The Balaban J connectivity index is 1.19. The summed E-state index contributed by atoms with van der Waals surface area (Å²) in [6.45, 7) is 6.41. The Morgan fingerprint density at radius 3 is 2.50 bits per heavy atom. The lowest BCUT2D eigenvalue weighted by molar-refractivity contribution is -0.122. The van der Waals surface area contributed by atoms with Crippen molar-refractivity contribution in [3.05, 3.63) is 65.7 Å². The molecule has 3 aliphatic rings. The zero-order chi connectivity index (χ0) is 21.9. The number of nitrogens with zero attached hydrogens (tertiary/aromatic N) is 2. The predicted molar refractivity (Wildman–Crippen MR) is 127 cm³/mol. The standard InChI is InChI=1S/C27H32N2O3/c1-2-20-19-23(9-12-25(20)31-18-17-28-14-3-4-15-28)29-16-13-26(27(29)30)32-24-10-7-22(8-11-24)21-5-6-21/h3-4,7-12,19,21,26H,2,5-6,13-18H2,1H3/t26-/m0/s1. The normalized spacial score (nSPS) is 20.8. The van der Waals surface area contributed by atoms with Crippen molar-refractivity contribution in [2.24, 2.45) is 0 Å². The molecule has 2 heterocycles. The fraction of sp³-hybridized carbons (Fsp3) is 0.444. The summed E-state index contributed by atoms with van der Waals surface area (Å²) < 4.78 is 12.1. The summed E-state index contributed by atoms with van der Waals surface area (Å²) in [6, 6.07) is 14.4. The van der Waals surface area contributed by atoms with Gasteiger partial charge < -0.3 is 14.4 Å². The number of rotatable bonds is 9. The number of benzene rings is 2. The first-order chi connectivity index (χ1) is 15.7. The second-order valence-electron chi connectivity index (χ2n) is 8.95. The molecule has 5 heteroatoms. The number of carbonyl (C=O) groups is 1. The predicted octanol–water partition coefficient (Wildman–Crippen LogP) is 4.56. The summed E-state index contributed by atoms with van der Waals surface area (Å²) in [4.78, 5) is 17.3. The van der Waals surface area contributed by atoms with Crippen molar-refractivity contribution in [2.75, 3.05) is 37.7 Å². The highest BCUT2D eigenvalue weighted by molar-refractivity contribution is 5.99. The van der Waals surface area contributed by atoms with Gasteiger partial charge in [-0.05, 0) is 66.6 Å². The second-order valence-corrected chi connectivity index (χ2v) is 8.95. The summed E-state index contributed by atoms with van der Waals surface area (Å²) in [7, 11) is 0. The number of ether oxygens (including phenoxy) is 2. The lowest BCUT2D eigenvalue weighted by atomic mass is 10.1. The minimum absolute atomic E-state index is 0.0357. The highest BCUT2D eigenvalue weighted by Crippen LogP contribution is 2.40. The minimum Gasteiger partial charge on any atom is -0.492 e. The van der Waals surface area contributed by atoms with Crippen LogP contribution in [0.5, 0.6) is 11.5 Å². The monoisotopic (exact) mass is 432 g/mol. The van der Waals surface area contributed by atoms with Crippen molar-refractivity contribution in [1.82, 2.24) is 4.90 Å². The fourth-order valence-electron chi connectivity index (χ4n) is 4.56. The van der Waals surface area contributed by atoms with E-state index in [2.05, 4.69) is 42.2 Å². The van der Waals surface area contributed by atoms with Gasteiger partial charge in [-0.3, -0.25) is 9.69 Å². The Hall–Kier alpha value is -2.79. The van der Waals surface area contributed by atoms with E-state index in [0.717, 1.165) is 54.7 Å². The molecule has 2 aliphatic heterocycles. The molecule has 0 unspecified atom stereocenters. The van der Waals surface area contributed by atoms with Crippen LogP contribution < -0.4 is 14.4 Å². The van der Waals surface area contributed by atoms with Gasteiger partial charge in [-0.25, -0.2) is 0 Å². The molecular formula is C27H32N2O3. The molecule has 0 bridgehead atoms. The van der Waals surface area contributed by atoms with Gasteiger partial charge in [-0.15, -0.1) is 0 Å². The van der Waals surface area contributed by atoms with Gasteiger partial charge >= 0.3 is 0 Å². The van der Waals surface area contributed by atoms with Crippen LogP contribution in [-0.4, -0.2) is 49.7 Å². The van der Waals surface area contributed by atoms with E-state index in [9.17, 15) is 4.79 Å². The van der Waals surface area contributed by atoms with Gasteiger partial charge in [-0.1, -0.05) is 31.2 Å². The summed E-state index contributed by atoms with van der Waals surface area (Å²) >= 11 is 0. The zero-order valence-corrected chi connectivity index (χ0v) is 18.8. The Morgan fingerprint density at radius 2 is 1.78 bits per heavy atom. The number of hydrogen-bond acceptors (Lipinski definition) is 4. The molecule has 2 aromatic carbocycles. The van der Waals surface area contributed by atoms with E-state index < -0.39 is 6.10 Å². The molecule has 1 saturated carbocycles. The van der Waals surface area contributed by atoms with Gasteiger partial charge in [0.05, 0.1) is 0 Å². The van der Waals surface area contributed by atoms with Crippen molar-refractivity contribution in [3.63, 3.8) is 0 Å². The van der Waals surface area contributed by atoms with Crippen LogP contribution in [0.4, 0.5) is 5.69 Å². The second kappa shape index (κ2) is 9.37. The summed E-state index contributed by atoms with van der Waals surface area (Å²) in [5.41, 5.74) is 3.44. The maximum Gasteiger partial charge on any atom is 0.268 e. The summed E-state index contributed by atoms with van der Waals surface area (Å²) in [5.74, 6) is 2.46. The first-order valence-electron chi connectivity index (χ1n) is 11.9. The van der Waals surface area contributed by atoms with Crippen LogP contribution in [0.3, 0.4) is 0 Å². The fourth-order valence-corrected chi connectivity index (χ4v) is 4.56. The van der Waals surface area contributed by atoms with E-state index in [-0.39, 0.29) is 5.91 Å². The number of aryl methyl sites for hydroxylation is 1. The molecule has 0 spiro atoms. The van der Waals surface area contributed by atoms with Crippen molar-refractivity contribution in [1.29, 1.82) is 0 Å². The zero-order valence-electron chi connectivity index (χ0n) is 18.8. The molecule has 5 nitrogen and oxygen atoms in total. The highest BCUT2D eigenvalue weighted by atomic mass is 16.5. The molecule has 1 aliphatic carbocycles. The first-order valence-corrected chi connectivity index (χ1v) is 11.9. The van der Waals surface area contributed by atoms with Gasteiger partial charge in [0.25, 0.3) is 5.91 Å². The Bertz CT molecular complexity index is 973. The van der Waals surface area contributed by atoms with Crippen molar-refractivity contribution in [2.45, 2.75) is 44.6 Å². The molecule has 1 atom stereocenters. The smallest absolute Gasteiger partial charge is 0.268 e. The van der Waals surface area contributed by atoms with Crippen LogP contribution in [0.1, 0.15) is 43.2 Å². The van der Waals surface area contributed by atoms with Crippen LogP contribution in [0, 0.1) is 0 Å². The maximum atomic E-state index is 13.1. The number of carbonyl (C=O) groups excluding carboxylic acids is 1. The molecule has 5 rings (SSSR count). The average Bonchev–Trinajstić information content (AvgIpc) is 3.43. The summed E-state index contributed by atoms with van der Waals surface area (Å²) in [5, 5.41) is 0. The molecule has 168 valence electrons. The van der Waals surface area contributed by atoms with Crippen LogP contribution in [0.15, 0.2) is 54.6 Å². The van der Waals surface area contributed by atoms with Crippen molar-refractivity contribution in [3.8, 4) is 11.5 Å². The third-order valence-corrected chi connectivity index (χ3v) is 6.66. The molecule has 0 aromatic heterocycles. The van der Waals surface area contributed by atoms with Crippen LogP contribution in [0.2, 0.25) is 0 Å². The van der Waals surface area contributed by atoms with E-state index in [1.165, 1.54) is 18.4 Å². The molecular weight excluding hydrogens is 400 g/mol. The first kappa shape index (κ1) is 21.1. The molecule has 2 aromatic rings. The van der Waals surface area contributed by atoms with Gasteiger partial charge in [0.2, 0.25) is 0 Å². The van der Waals surface area contributed by atoms with Gasteiger partial charge in [0.15, 0.2) is 6.10 Å². The molecule has 32 heavy (non-hydrogen) atoms. The van der Waals surface area contributed by atoms with Crippen molar-refractivity contribution < 1.29 is 14.3 Å². The average molecular weight is 433 g/mol. The van der Waals surface area contributed by atoms with Gasteiger partial charge in [0, 0.05) is 38.3 Å². The Kier molecular flexibility index (Phi) is 6.17. The minimum atomic E-state index is -0.420. The number of amides is 1. The van der Waals surface area contributed by atoms with Gasteiger partial charge in [-0.2, -0.15) is 0 Å². The van der Waals surface area contributed by atoms with E-state index in [1.54, 1.807) is 0 Å². The third-order valence-electron chi connectivity index (χ3n) is 6.66.